The highest BCUT2D eigenvalue weighted by Gasteiger charge is 2.09. The lowest BCUT2D eigenvalue weighted by Crippen LogP contribution is -2.24. The first kappa shape index (κ1) is 15.0. The molecule has 0 aliphatic rings. The highest BCUT2D eigenvalue weighted by atomic mass is 16.1. The summed E-state index contributed by atoms with van der Waals surface area (Å²) in [5.74, 6) is -0.161. The third kappa shape index (κ3) is 3.58. The Morgan fingerprint density at radius 1 is 1.24 bits per heavy atom. The highest BCUT2D eigenvalue weighted by molar-refractivity contribution is 5.93. The Bertz CT molecular complexity index is 610. The first-order valence-corrected chi connectivity index (χ1v) is 6.92. The van der Waals surface area contributed by atoms with Gasteiger partial charge in [-0.2, -0.15) is 0 Å². The number of rotatable bonds is 5. The van der Waals surface area contributed by atoms with Gasteiger partial charge in [0.2, 0.25) is 0 Å². The van der Waals surface area contributed by atoms with E-state index in [1.54, 1.807) is 12.3 Å². The van der Waals surface area contributed by atoms with Crippen molar-refractivity contribution in [1.82, 2.24) is 10.3 Å². The molecule has 110 valence electrons. The van der Waals surface area contributed by atoms with Gasteiger partial charge in [0, 0.05) is 37.7 Å². The molecule has 1 amide bonds. The third-order valence-electron chi connectivity index (χ3n) is 3.26. The summed E-state index contributed by atoms with van der Waals surface area (Å²) >= 11 is 0. The fourth-order valence-corrected chi connectivity index (χ4v) is 2.01. The molecule has 0 fully saturated rings. The molecule has 0 atom stereocenters. The van der Waals surface area contributed by atoms with E-state index in [1.807, 2.05) is 49.2 Å². The van der Waals surface area contributed by atoms with Crippen LogP contribution in [0.15, 0.2) is 42.6 Å². The zero-order valence-electron chi connectivity index (χ0n) is 12.3. The first-order chi connectivity index (χ1) is 10.2. The molecular formula is C16H20N4O. The maximum Gasteiger partial charge on any atom is 0.269 e. The van der Waals surface area contributed by atoms with Gasteiger partial charge in [0.25, 0.3) is 5.91 Å². The van der Waals surface area contributed by atoms with Crippen molar-refractivity contribution in [2.75, 3.05) is 18.5 Å². The van der Waals surface area contributed by atoms with Crippen LogP contribution in [0.1, 0.15) is 23.0 Å². The van der Waals surface area contributed by atoms with E-state index in [4.69, 9.17) is 5.73 Å². The number of hydrogen-bond donors (Lipinski definition) is 2. The molecule has 21 heavy (non-hydrogen) atoms. The summed E-state index contributed by atoms with van der Waals surface area (Å²) in [6.07, 6.45) is 1.64. The summed E-state index contributed by atoms with van der Waals surface area (Å²) in [4.78, 5) is 17.9. The second-order valence-corrected chi connectivity index (χ2v) is 4.69. The summed E-state index contributed by atoms with van der Waals surface area (Å²) in [5.41, 5.74) is 9.04. The second-order valence-electron chi connectivity index (χ2n) is 4.69. The molecule has 0 radical (unpaired) electrons. The lowest BCUT2D eigenvalue weighted by Gasteiger charge is -2.20. The first-order valence-electron chi connectivity index (χ1n) is 6.92. The third-order valence-corrected chi connectivity index (χ3v) is 3.26. The Balaban J connectivity index is 2.23. The van der Waals surface area contributed by atoms with Gasteiger partial charge in [0.15, 0.2) is 0 Å². The minimum atomic E-state index is -0.161. The van der Waals surface area contributed by atoms with Gasteiger partial charge in [0.05, 0.1) is 0 Å². The van der Waals surface area contributed by atoms with E-state index < -0.39 is 0 Å². The van der Waals surface area contributed by atoms with Crippen LogP contribution in [0.5, 0.6) is 0 Å². The van der Waals surface area contributed by atoms with Crippen LogP contribution < -0.4 is 16.0 Å². The predicted octanol–water partition coefficient (Wildman–Crippen LogP) is 2.06. The quantitative estimate of drug-likeness (QED) is 0.881. The predicted molar refractivity (Wildman–Crippen MR) is 84.6 cm³/mol. The number of nitrogens with two attached hydrogens (primary N) is 1. The van der Waals surface area contributed by atoms with Crippen LogP contribution in [0, 0.1) is 0 Å². The molecule has 3 N–H and O–H groups in total. The molecule has 5 heteroatoms. The zero-order valence-corrected chi connectivity index (χ0v) is 12.3. The Labute approximate surface area is 124 Å². The van der Waals surface area contributed by atoms with Crippen molar-refractivity contribution in [3.8, 4) is 0 Å². The SMILES string of the molecule is CCNC(=O)c1cc(N(C)c2ccc(CN)cc2)ccn1. The minimum Gasteiger partial charge on any atom is -0.351 e. The standard InChI is InChI=1S/C16H20N4O/c1-3-18-16(21)15-10-14(8-9-19-15)20(2)13-6-4-12(11-17)5-7-13/h4-10H,3,11,17H2,1-2H3,(H,18,21). The Morgan fingerprint density at radius 3 is 2.57 bits per heavy atom. The monoisotopic (exact) mass is 284 g/mol. The molecule has 1 aromatic heterocycles. The van der Waals surface area contributed by atoms with E-state index in [2.05, 4.69) is 10.3 Å². The Hall–Kier alpha value is -2.40. The number of benzene rings is 1. The van der Waals surface area contributed by atoms with Crippen LogP contribution in [0.4, 0.5) is 11.4 Å². The number of carbonyl (C=O) groups is 1. The number of carbonyl (C=O) groups excluding carboxylic acids is 1. The number of hydrogen-bond acceptors (Lipinski definition) is 4. The zero-order chi connectivity index (χ0) is 15.2. The fourth-order valence-electron chi connectivity index (χ4n) is 2.01. The largest absolute Gasteiger partial charge is 0.351 e. The van der Waals surface area contributed by atoms with Gasteiger partial charge in [-0.25, -0.2) is 0 Å². The van der Waals surface area contributed by atoms with E-state index in [1.165, 1.54) is 0 Å². The molecular weight excluding hydrogens is 264 g/mol. The average Bonchev–Trinajstić information content (AvgIpc) is 2.54. The maximum atomic E-state index is 11.8. The van der Waals surface area contributed by atoms with Crippen LogP contribution in [-0.2, 0) is 6.54 Å². The summed E-state index contributed by atoms with van der Waals surface area (Å²) in [6, 6.07) is 11.7. The molecule has 0 saturated carbocycles. The van der Waals surface area contributed by atoms with Crippen molar-refractivity contribution in [1.29, 1.82) is 0 Å². The van der Waals surface area contributed by atoms with Crippen LogP contribution in [0.3, 0.4) is 0 Å². The molecule has 2 aromatic rings. The number of amides is 1. The second kappa shape index (κ2) is 6.85. The van der Waals surface area contributed by atoms with Gasteiger partial charge < -0.3 is 16.0 Å². The van der Waals surface area contributed by atoms with Crippen molar-refractivity contribution in [3.05, 3.63) is 53.9 Å². The number of nitrogens with one attached hydrogen (secondary N) is 1. The summed E-state index contributed by atoms with van der Waals surface area (Å²) in [5, 5.41) is 2.75. The molecule has 0 saturated heterocycles. The number of aromatic nitrogens is 1. The van der Waals surface area contributed by atoms with Crippen LogP contribution in [0.25, 0.3) is 0 Å². The fraction of sp³-hybridized carbons (Fsp3) is 0.250. The summed E-state index contributed by atoms with van der Waals surface area (Å²) < 4.78 is 0. The molecule has 0 unspecified atom stereocenters. The van der Waals surface area contributed by atoms with Gasteiger partial charge in [-0.15, -0.1) is 0 Å². The van der Waals surface area contributed by atoms with E-state index >= 15 is 0 Å². The Kier molecular flexibility index (Phi) is 4.90. The van der Waals surface area contributed by atoms with Crippen molar-refractivity contribution in [3.63, 3.8) is 0 Å². The van der Waals surface area contributed by atoms with Crippen molar-refractivity contribution < 1.29 is 4.79 Å². The van der Waals surface area contributed by atoms with Gasteiger partial charge in [-0.1, -0.05) is 12.1 Å². The maximum absolute atomic E-state index is 11.8. The number of nitrogens with zero attached hydrogens (tertiary/aromatic N) is 2. The smallest absolute Gasteiger partial charge is 0.269 e. The highest BCUT2D eigenvalue weighted by Crippen LogP contribution is 2.23. The van der Waals surface area contributed by atoms with Crippen LogP contribution >= 0.6 is 0 Å². The molecule has 1 heterocycles. The molecule has 0 spiro atoms. The number of anilines is 2. The van der Waals surface area contributed by atoms with Crippen molar-refractivity contribution in [2.45, 2.75) is 13.5 Å². The normalized spacial score (nSPS) is 10.2. The topological polar surface area (TPSA) is 71.2 Å². The lowest BCUT2D eigenvalue weighted by atomic mass is 10.2. The molecule has 0 aliphatic carbocycles. The number of pyridine rings is 1. The minimum absolute atomic E-state index is 0.161. The Morgan fingerprint density at radius 2 is 1.95 bits per heavy atom. The molecule has 1 aromatic carbocycles. The summed E-state index contributed by atoms with van der Waals surface area (Å²) in [6.45, 7) is 2.99. The van der Waals surface area contributed by atoms with Gasteiger partial charge in [-0.05, 0) is 36.8 Å². The van der Waals surface area contributed by atoms with Gasteiger partial charge in [0.1, 0.15) is 5.69 Å². The van der Waals surface area contributed by atoms with E-state index in [0.29, 0.717) is 18.8 Å². The molecule has 0 bridgehead atoms. The van der Waals surface area contributed by atoms with Crippen LogP contribution in [-0.4, -0.2) is 24.5 Å². The van der Waals surface area contributed by atoms with Crippen molar-refractivity contribution >= 4 is 17.3 Å². The summed E-state index contributed by atoms with van der Waals surface area (Å²) in [7, 11) is 1.95. The molecule has 0 aliphatic heterocycles. The van der Waals surface area contributed by atoms with Gasteiger partial charge >= 0.3 is 0 Å². The van der Waals surface area contributed by atoms with Crippen LogP contribution in [0.2, 0.25) is 0 Å². The van der Waals surface area contributed by atoms with E-state index in [-0.39, 0.29) is 5.91 Å². The average molecular weight is 284 g/mol. The lowest BCUT2D eigenvalue weighted by molar-refractivity contribution is 0.0951. The molecule has 2 rings (SSSR count). The van der Waals surface area contributed by atoms with Gasteiger partial charge in [-0.3, -0.25) is 9.78 Å². The van der Waals surface area contributed by atoms with E-state index in [0.717, 1.165) is 16.9 Å². The van der Waals surface area contributed by atoms with Crippen molar-refractivity contribution in [2.24, 2.45) is 5.73 Å². The van der Waals surface area contributed by atoms with E-state index in [9.17, 15) is 4.79 Å². The molecule has 5 nitrogen and oxygen atoms in total.